The molecule has 0 atom stereocenters. The number of benzene rings is 1. The van der Waals surface area contributed by atoms with Crippen LogP contribution in [-0.2, 0) is 9.84 Å². The molecule has 0 heterocycles. The minimum absolute atomic E-state index is 0.0361. The number of hydrogen-bond donors (Lipinski definition) is 1. The molecule has 1 aromatic carbocycles. The summed E-state index contributed by atoms with van der Waals surface area (Å²) >= 11 is 5.75. The highest BCUT2D eigenvalue weighted by atomic mass is 35.5. The van der Waals surface area contributed by atoms with Crippen LogP contribution in [0.2, 0.25) is 5.02 Å². The molecule has 1 rings (SSSR count). The van der Waals surface area contributed by atoms with E-state index in [2.05, 4.69) is 5.32 Å². The largest absolute Gasteiger partial charge is 0.379 e. The van der Waals surface area contributed by atoms with Gasteiger partial charge in [-0.15, -0.1) is 0 Å². The number of nitro benzene ring substituents is 1. The van der Waals surface area contributed by atoms with Gasteiger partial charge in [0.2, 0.25) is 0 Å². The molecule has 0 unspecified atom stereocenters. The van der Waals surface area contributed by atoms with E-state index >= 15 is 0 Å². The molecule has 0 radical (unpaired) electrons. The maximum atomic E-state index is 10.9. The molecule has 0 spiro atoms. The van der Waals surface area contributed by atoms with Gasteiger partial charge in [0.05, 0.1) is 10.7 Å². The summed E-state index contributed by atoms with van der Waals surface area (Å²) < 4.78 is 21.8. The van der Waals surface area contributed by atoms with Gasteiger partial charge in [0.1, 0.15) is 15.5 Å². The third kappa shape index (κ3) is 4.89. The predicted molar refractivity (Wildman–Crippen MR) is 70.9 cm³/mol. The number of sulfone groups is 1. The number of anilines is 1. The second-order valence-electron chi connectivity index (χ2n) is 3.83. The van der Waals surface area contributed by atoms with Gasteiger partial charge in [0.25, 0.3) is 5.69 Å². The van der Waals surface area contributed by atoms with Gasteiger partial charge in [-0.05, 0) is 18.6 Å². The molecule has 0 aromatic heterocycles. The van der Waals surface area contributed by atoms with Crippen molar-refractivity contribution in [3.63, 3.8) is 0 Å². The zero-order valence-corrected chi connectivity index (χ0v) is 11.3. The second kappa shape index (κ2) is 6.01. The van der Waals surface area contributed by atoms with Crippen LogP contribution >= 0.6 is 11.6 Å². The van der Waals surface area contributed by atoms with E-state index in [-0.39, 0.29) is 11.4 Å². The summed E-state index contributed by atoms with van der Waals surface area (Å²) in [7, 11) is -3.01. The standard InChI is InChI=1S/C10H13ClN2O4S/c1-18(16,17)6-2-5-12-9-7-8(11)3-4-10(9)13(14)15/h3-4,7,12H,2,5-6H2,1H3. The van der Waals surface area contributed by atoms with Gasteiger partial charge in [0, 0.05) is 23.9 Å². The number of nitrogens with one attached hydrogen (secondary N) is 1. The lowest BCUT2D eigenvalue weighted by atomic mass is 10.2. The molecule has 0 amide bonds. The van der Waals surface area contributed by atoms with Crippen LogP contribution in [-0.4, -0.2) is 31.9 Å². The summed E-state index contributed by atoms with van der Waals surface area (Å²) in [4.78, 5) is 10.2. The van der Waals surface area contributed by atoms with Gasteiger partial charge in [-0.25, -0.2) is 8.42 Å². The van der Waals surface area contributed by atoms with Gasteiger partial charge < -0.3 is 5.32 Å². The van der Waals surface area contributed by atoms with E-state index in [1.54, 1.807) is 0 Å². The molecule has 18 heavy (non-hydrogen) atoms. The summed E-state index contributed by atoms with van der Waals surface area (Å²) in [5.41, 5.74) is 0.208. The minimum Gasteiger partial charge on any atom is -0.379 e. The van der Waals surface area contributed by atoms with Crippen molar-refractivity contribution in [1.82, 2.24) is 0 Å². The van der Waals surface area contributed by atoms with Crippen molar-refractivity contribution in [2.75, 3.05) is 23.9 Å². The van der Waals surface area contributed by atoms with E-state index in [0.29, 0.717) is 23.7 Å². The zero-order chi connectivity index (χ0) is 13.8. The fraction of sp³-hybridized carbons (Fsp3) is 0.400. The van der Waals surface area contributed by atoms with Crippen LogP contribution in [0.1, 0.15) is 6.42 Å². The molecule has 0 bridgehead atoms. The Bertz CT molecular complexity index is 545. The van der Waals surface area contributed by atoms with Gasteiger partial charge >= 0.3 is 0 Å². The molecule has 8 heteroatoms. The maximum absolute atomic E-state index is 10.9. The molecule has 0 fully saturated rings. The highest BCUT2D eigenvalue weighted by molar-refractivity contribution is 7.90. The molecule has 100 valence electrons. The fourth-order valence-electron chi connectivity index (χ4n) is 1.37. The van der Waals surface area contributed by atoms with E-state index in [0.717, 1.165) is 6.26 Å². The highest BCUT2D eigenvalue weighted by Crippen LogP contribution is 2.27. The van der Waals surface area contributed by atoms with Crippen LogP contribution in [0, 0.1) is 10.1 Å². The van der Waals surface area contributed by atoms with Crippen LogP contribution in [0.4, 0.5) is 11.4 Å². The maximum Gasteiger partial charge on any atom is 0.292 e. The van der Waals surface area contributed by atoms with E-state index in [1.807, 2.05) is 0 Å². The Labute approximate surface area is 110 Å². The minimum atomic E-state index is -3.01. The summed E-state index contributed by atoms with van der Waals surface area (Å²) in [6, 6.07) is 4.18. The predicted octanol–water partition coefficient (Wildman–Crippen LogP) is 2.09. The van der Waals surface area contributed by atoms with Crippen molar-refractivity contribution in [2.45, 2.75) is 6.42 Å². The van der Waals surface area contributed by atoms with E-state index < -0.39 is 14.8 Å². The Morgan fingerprint density at radius 1 is 1.44 bits per heavy atom. The molecular formula is C10H13ClN2O4S. The number of nitrogens with zero attached hydrogens (tertiary/aromatic N) is 1. The summed E-state index contributed by atoms with van der Waals surface area (Å²) in [5.74, 6) is 0.0361. The zero-order valence-electron chi connectivity index (χ0n) is 9.72. The van der Waals surface area contributed by atoms with E-state index in [1.165, 1.54) is 18.2 Å². The fourth-order valence-corrected chi connectivity index (χ4v) is 2.21. The normalized spacial score (nSPS) is 11.2. The topological polar surface area (TPSA) is 89.3 Å². The van der Waals surface area contributed by atoms with Crippen LogP contribution in [0.15, 0.2) is 18.2 Å². The van der Waals surface area contributed by atoms with Crippen LogP contribution in [0.25, 0.3) is 0 Å². The van der Waals surface area contributed by atoms with Gasteiger partial charge in [-0.1, -0.05) is 11.6 Å². The molecule has 0 aliphatic carbocycles. The molecule has 0 saturated carbocycles. The van der Waals surface area contributed by atoms with E-state index in [4.69, 9.17) is 11.6 Å². The lowest BCUT2D eigenvalue weighted by molar-refractivity contribution is -0.384. The van der Waals surface area contributed by atoms with Crippen molar-refractivity contribution in [3.05, 3.63) is 33.3 Å². The summed E-state index contributed by atoms with van der Waals surface area (Å²) in [6.45, 7) is 0.328. The Kier molecular flexibility index (Phi) is 4.92. The smallest absolute Gasteiger partial charge is 0.292 e. The SMILES string of the molecule is CS(=O)(=O)CCCNc1cc(Cl)ccc1[N+](=O)[O-]. The molecule has 6 nitrogen and oxygen atoms in total. The molecule has 0 aliphatic heterocycles. The van der Waals surface area contributed by atoms with Crippen LogP contribution < -0.4 is 5.32 Å². The first kappa shape index (κ1) is 14.7. The van der Waals surface area contributed by atoms with Crippen molar-refractivity contribution >= 4 is 32.8 Å². The van der Waals surface area contributed by atoms with Crippen molar-refractivity contribution in [2.24, 2.45) is 0 Å². The quantitative estimate of drug-likeness (QED) is 0.492. The number of rotatable bonds is 6. The Hall–Kier alpha value is -1.34. The third-order valence-corrected chi connectivity index (χ3v) is 3.43. The van der Waals surface area contributed by atoms with Gasteiger partial charge in [0.15, 0.2) is 0 Å². The average molecular weight is 293 g/mol. The Morgan fingerprint density at radius 2 is 2.11 bits per heavy atom. The first-order valence-electron chi connectivity index (χ1n) is 5.15. The van der Waals surface area contributed by atoms with Crippen LogP contribution in [0.3, 0.4) is 0 Å². The molecule has 1 N–H and O–H groups in total. The Balaban J connectivity index is 2.66. The molecule has 0 saturated heterocycles. The molecular weight excluding hydrogens is 280 g/mol. The lowest BCUT2D eigenvalue weighted by Crippen LogP contribution is -2.10. The first-order valence-corrected chi connectivity index (χ1v) is 7.59. The highest BCUT2D eigenvalue weighted by Gasteiger charge is 2.13. The lowest BCUT2D eigenvalue weighted by Gasteiger charge is -2.07. The number of hydrogen-bond acceptors (Lipinski definition) is 5. The third-order valence-electron chi connectivity index (χ3n) is 2.16. The average Bonchev–Trinajstić information content (AvgIpc) is 2.22. The first-order chi connectivity index (χ1) is 8.29. The summed E-state index contributed by atoms with van der Waals surface area (Å²) in [5, 5.41) is 13.9. The molecule has 1 aromatic rings. The number of halogens is 1. The van der Waals surface area contributed by atoms with Crippen molar-refractivity contribution < 1.29 is 13.3 Å². The van der Waals surface area contributed by atoms with Crippen LogP contribution in [0.5, 0.6) is 0 Å². The Morgan fingerprint density at radius 3 is 2.67 bits per heavy atom. The summed E-state index contributed by atoms with van der Waals surface area (Å²) in [6.07, 6.45) is 1.53. The van der Waals surface area contributed by atoms with Gasteiger partial charge in [-0.2, -0.15) is 0 Å². The monoisotopic (exact) mass is 292 g/mol. The van der Waals surface area contributed by atoms with Crippen molar-refractivity contribution in [1.29, 1.82) is 0 Å². The van der Waals surface area contributed by atoms with Crippen molar-refractivity contribution in [3.8, 4) is 0 Å². The van der Waals surface area contributed by atoms with E-state index in [9.17, 15) is 18.5 Å². The second-order valence-corrected chi connectivity index (χ2v) is 6.52. The molecule has 0 aliphatic rings. The number of nitro groups is 1. The van der Waals surface area contributed by atoms with Gasteiger partial charge in [-0.3, -0.25) is 10.1 Å².